The van der Waals surface area contributed by atoms with E-state index in [0.717, 1.165) is 11.3 Å². The molecule has 0 aliphatic heterocycles. The van der Waals surface area contributed by atoms with Crippen LogP contribution < -0.4 is 9.47 Å². The number of nitrogens with zero attached hydrogens (tertiary/aromatic N) is 1. The zero-order chi connectivity index (χ0) is 17.5. The first-order valence-electron chi connectivity index (χ1n) is 7.83. The maximum absolute atomic E-state index is 12.6. The zero-order valence-corrected chi connectivity index (χ0v) is 14.9. The van der Waals surface area contributed by atoms with Gasteiger partial charge in [-0.2, -0.15) is 0 Å². The fraction of sp³-hybridized carbons (Fsp3) is 0.316. The molecule has 0 saturated heterocycles. The number of ether oxygens (including phenoxy) is 2. The van der Waals surface area contributed by atoms with Crippen molar-refractivity contribution in [2.75, 3.05) is 14.2 Å². The summed E-state index contributed by atoms with van der Waals surface area (Å²) in [5, 5.41) is 0.682. The quantitative estimate of drug-likeness (QED) is 0.754. The molecule has 2 rings (SSSR count). The highest BCUT2D eigenvalue weighted by molar-refractivity contribution is 6.30. The molecule has 5 heteroatoms. The van der Waals surface area contributed by atoms with Crippen LogP contribution in [0, 0.1) is 0 Å². The van der Waals surface area contributed by atoms with E-state index in [0.29, 0.717) is 23.7 Å². The van der Waals surface area contributed by atoms with E-state index < -0.39 is 6.10 Å². The lowest BCUT2D eigenvalue weighted by Gasteiger charge is -2.24. The molecule has 1 amide bonds. The van der Waals surface area contributed by atoms with E-state index in [9.17, 15) is 4.79 Å². The van der Waals surface area contributed by atoms with Gasteiger partial charge in [-0.3, -0.25) is 4.79 Å². The lowest BCUT2D eigenvalue weighted by atomic mass is 10.2. The van der Waals surface area contributed by atoms with Crippen LogP contribution in [-0.2, 0) is 11.3 Å². The van der Waals surface area contributed by atoms with E-state index in [1.54, 1.807) is 31.2 Å². The van der Waals surface area contributed by atoms with Gasteiger partial charge < -0.3 is 14.4 Å². The average Bonchev–Trinajstić information content (AvgIpc) is 2.61. The summed E-state index contributed by atoms with van der Waals surface area (Å²) in [6, 6.07) is 14.7. The fourth-order valence-corrected chi connectivity index (χ4v) is 2.44. The summed E-state index contributed by atoms with van der Waals surface area (Å²) < 4.78 is 11.0. The largest absolute Gasteiger partial charge is 0.497 e. The topological polar surface area (TPSA) is 38.8 Å². The minimum atomic E-state index is -0.518. The Hall–Kier alpha value is -2.20. The van der Waals surface area contributed by atoms with Gasteiger partial charge in [0.2, 0.25) is 0 Å². The monoisotopic (exact) mass is 347 g/mol. The highest BCUT2D eigenvalue weighted by Crippen LogP contribution is 2.20. The van der Waals surface area contributed by atoms with Crippen molar-refractivity contribution in [3.05, 3.63) is 59.1 Å². The molecule has 0 saturated carbocycles. The Morgan fingerprint density at radius 3 is 2.21 bits per heavy atom. The van der Waals surface area contributed by atoms with Gasteiger partial charge in [-0.1, -0.05) is 30.7 Å². The van der Waals surface area contributed by atoms with Crippen LogP contribution in [0.3, 0.4) is 0 Å². The third-order valence-corrected chi connectivity index (χ3v) is 3.95. The Balaban J connectivity index is 1.99. The molecule has 0 radical (unpaired) electrons. The van der Waals surface area contributed by atoms with Crippen molar-refractivity contribution < 1.29 is 14.3 Å². The summed E-state index contributed by atoms with van der Waals surface area (Å²) in [6.07, 6.45) is 0.0752. The third-order valence-electron chi connectivity index (χ3n) is 3.69. The van der Waals surface area contributed by atoms with Crippen molar-refractivity contribution in [1.29, 1.82) is 0 Å². The van der Waals surface area contributed by atoms with Crippen LogP contribution >= 0.6 is 11.6 Å². The molecule has 0 unspecified atom stereocenters. The van der Waals surface area contributed by atoms with Crippen LogP contribution in [0.15, 0.2) is 48.5 Å². The number of amides is 1. The molecule has 0 spiro atoms. The molecule has 128 valence electrons. The van der Waals surface area contributed by atoms with E-state index in [-0.39, 0.29) is 5.91 Å². The highest BCUT2D eigenvalue weighted by Gasteiger charge is 2.22. The maximum atomic E-state index is 12.6. The van der Waals surface area contributed by atoms with Crippen molar-refractivity contribution in [1.82, 2.24) is 4.90 Å². The number of hydrogen-bond donors (Lipinski definition) is 0. The molecule has 24 heavy (non-hydrogen) atoms. The molecule has 0 aliphatic carbocycles. The van der Waals surface area contributed by atoms with E-state index in [2.05, 4.69) is 0 Å². The molecule has 2 aromatic rings. The second-order valence-corrected chi connectivity index (χ2v) is 5.95. The van der Waals surface area contributed by atoms with Gasteiger partial charge in [0, 0.05) is 18.6 Å². The van der Waals surface area contributed by atoms with Crippen molar-refractivity contribution in [2.24, 2.45) is 0 Å². The number of likely N-dealkylation sites (N-methyl/N-ethyl adjacent to an activating group) is 1. The second-order valence-electron chi connectivity index (χ2n) is 5.51. The van der Waals surface area contributed by atoms with Crippen LogP contribution in [0.2, 0.25) is 5.02 Å². The Bertz CT molecular complexity index is 655. The van der Waals surface area contributed by atoms with Gasteiger partial charge in [0.1, 0.15) is 11.5 Å². The first kappa shape index (κ1) is 18.1. The fourth-order valence-electron chi connectivity index (χ4n) is 2.31. The summed E-state index contributed by atoms with van der Waals surface area (Å²) in [4.78, 5) is 14.3. The van der Waals surface area contributed by atoms with Gasteiger partial charge in [-0.15, -0.1) is 0 Å². The molecule has 0 N–H and O–H groups in total. The molecule has 2 aromatic carbocycles. The highest BCUT2D eigenvalue weighted by atomic mass is 35.5. The smallest absolute Gasteiger partial charge is 0.263 e. The zero-order valence-electron chi connectivity index (χ0n) is 14.2. The molecule has 0 fully saturated rings. The molecular weight excluding hydrogens is 326 g/mol. The molecule has 0 aliphatic rings. The van der Waals surface area contributed by atoms with Crippen molar-refractivity contribution >= 4 is 17.5 Å². The first-order valence-corrected chi connectivity index (χ1v) is 8.21. The average molecular weight is 348 g/mol. The van der Waals surface area contributed by atoms with Crippen molar-refractivity contribution in [3.8, 4) is 11.5 Å². The number of rotatable bonds is 7. The Morgan fingerprint density at radius 1 is 1.08 bits per heavy atom. The predicted octanol–water partition coefficient (Wildman–Crippen LogP) is 4.16. The predicted molar refractivity (Wildman–Crippen MR) is 95.6 cm³/mol. The number of benzene rings is 2. The maximum Gasteiger partial charge on any atom is 0.263 e. The Morgan fingerprint density at radius 2 is 1.67 bits per heavy atom. The Labute approximate surface area is 147 Å². The molecule has 0 heterocycles. The first-order chi connectivity index (χ1) is 11.5. The van der Waals surface area contributed by atoms with Crippen LogP contribution in [-0.4, -0.2) is 31.1 Å². The van der Waals surface area contributed by atoms with Crippen LogP contribution in [0.25, 0.3) is 0 Å². The molecule has 0 bridgehead atoms. The lowest BCUT2D eigenvalue weighted by Crippen LogP contribution is -2.39. The van der Waals surface area contributed by atoms with Gasteiger partial charge in [-0.05, 0) is 48.4 Å². The third kappa shape index (κ3) is 4.90. The standard InChI is InChI=1S/C19H22ClNO3/c1-4-18(24-17-11-9-16(23-3)10-12-17)19(22)21(2)13-14-5-7-15(20)8-6-14/h5-12,18H,4,13H2,1-3H3/t18-/m0/s1. The van der Waals surface area contributed by atoms with Gasteiger partial charge in [0.05, 0.1) is 7.11 Å². The number of hydrogen-bond acceptors (Lipinski definition) is 3. The van der Waals surface area contributed by atoms with Gasteiger partial charge in [0.15, 0.2) is 6.10 Å². The molecule has 0 aromatic heterocycles. The lowest BCUT2D eigenvalue weighted by molar-refractivity contribution is -0.138. The molecular formula is C19H22ClNO3. The number of halogens is 1. The van der Waals surface area contributed by atoms with E-state index in [1.165, 1.54) is 0 Å². The Kier molecular flexibility index (Phi) is 6.50. The van der Waals surface area contributed by atoms with Crippen LogP contribution in [0.5, 0.6) is 11.5 Å². The van der Waals surface area contributed by atoms with E-state index in [4.69, 9.17) is 21.1 Å². The van der Waals surface area contributed by atoms with E-state index >= 15 is 0 Å². The number of carbonyl (C=O) groups excluding carboxylic acids is 1. The number of methoxy groups -OCH3 is 1. The van der Waals surface area contributed by atoms with Crippen molar-refractivity contribution in [3.63, 3.8) is 0 Å². The van der Waals surface area contributed by atoms with E-state index in [1.807, 2.05) is 43.3 Å². The van der Waals surface area contributed by atoms with Gasteiger partial charge >= 0.3 is 0 Å². The summed E-state index contributed by atoms with van der Waals surface area (Å²) >= 11 is 5.89. The summed E-state index contributed by atoms with van der Waals surface area (Å²) in [6.45, 7) is 2.45. The van der Waals surface area contributed by atoms with Crippen LogP contribution in [0.4, 0.5) is 0 Å². The second kappa shape index (κ2) is 8.60. The summed E-state index contributed by atoms with van der Waals surface area (Å²) in [5.41, 5.74) is 1.02. The number of carbonyl (C=O) groups is 1. The van der Waals surface area contributed by atoms with Crippen LogP contribution in [0.1, 0.15) is 18.9 Å². The van der Waals surface area contributed by atoms with Crippen molar-refractivity contribution in [2.45, 2.75) is 26.0 Å². The van der Waals surface area contributed by atoms with Gasteiger partial charge in [0.25, 0.3) is 5.91 Å². The minimum absolute atomic E-state index is 0.0525. The molecule has 4 nitrogen and oxygen atoms in total. The minimum Gasteiger partial charge on any atom is -0.497 e. The molecule has 1 atom stereocenters. The van der Waals surface area contributed by atoms with Gasteiger partial charge in [-0.25, -0.2) is 0 Å². The SMILES string of the molecule is CC[C@H](Oc1ccc(OC)cc1)C(=O)N(C)Cc1ccc(Cl)cc1. The normalized spacial score (nSPS) is 11.7. The summed E-state index contributed by atoms with van der Waals surface area (Å²) in [7, 11) is 3.39. The summed E-state index contributed by atoms with van der Waals surface area (Å²) in [5.74, 6) is 1.35.